The molecule has 1 aliphatic heterocycles. The minimum atomic E-state index is -0.521. The van der Waals surface area contributed by atoms with E-state index in [1.54, 1.807) is 24.3 Å². The van der Waals surface area contributed by atoms with Gasteiger partial charge in [0, 0.05) is 12.5 Å². The van der Waals surface area contributed by atoms with Gasteiger partial charge in [-0.25, -0.2) is 9.79 Å². The number of esters is 2. The summed E-state index contributed by atoms with van der Waals surface area (Å²) in [6.07, 6.45) is 1.60. The number of hydrogen-bond acceptors (Lipinski definition) is 6. The van der Waals surface area contributed by atoms with Crippen LogP contribution in [0.1, 0.15) is 30.5 Å². The first-order valence-electron chi connectivity index (χ1n) is 8.51. The van der Waals surface area contributed by atoms with Crippen LogP contribution in [0.4, 0.5) is 0 Å². The first-order valence-corrected chi connectivity index (χ1v) is 8.51. The zero-order valence-corrected chi connectivity index (χ0v) is 15.3. The number of hydrogen-bond donors (Lipinski definition) is 0. The first-order chi connectivity index (χ1) is 13.0. The van der Waals surface area contributed by atoms with Gasteiger partial charge < -0.3 is 14.2 Å². The van der Waals surface area contributed by atoms with Crippen LogP contribution in [0.15, 0.2) is 53.2 Å². The number of carbonyl (C=O) groups is 2. The molecular weight excluding hydrogens is 346 g/mol. The second kappa shape index (κ2) is 7.86. The van der Waals surface area contributed by atoms with Crippen LogP contribution in [-0.2, 0) is 14.3 Å². The van der Waals surface area contributed by atoms with E-state index in [2.05, 4.69) is 4.99 Å². The summed E-state index contributed by atoms with van der Waals surface area (Å²) >= 11 is 0. The summed E-state index contributed by atoms with van der Waals surface area (Å²) < 4.78 is 15.9. The van der Waals surface area contributed by atoms with Crippen LogP contribution in [0.5, 0.6) is 11.5 Å². The van der Waals surface area contributed by atoms with Crippen molar-refractivity contribution < 1.29 is 23.8 Å². The lowest BCUT2D eigenvalue weighted by Gasteiger charge is -2.10. The van der Waals surface area contributed by atoms with Crippen LogP contribution in [-0.4, -0.2) is 24.4 Å². The molecule has 3 rings (SSSR count). The van der Waals surface area contributed by atoms with Crippen molar-refractivity contribution in [3.05, 3.63) is 64.9 Å². The number of nitrogens with zero attached hydrogens (tertiary/aromatic N) is 1. The highest BCUT2D eigenvalue weighted by Gasteiger charge is 2.24. The second-order valence-corrected chi connectivity index (χ2v) is 5.93. The normalized spacial score (nSPS) is 14.7. The van der Waals surface area contributed by atoms with Crippen molar-refractivity contribution in [3.8, 4) is 11.5 Å². The van der Waals surface area contributed by atoms with E-state index in [9.17, 15) is 9.59 Å². The van der Waals surface area contributed by atoms with Gasteiger partial charge in [0.15, 0.2) is 17.2 Å². The SMILES string of the molecule is CCOc1cc(C=C2N=C(c3ccc(C)cc3)OC2=O)ccc1OC(C)=O. The number of cyclic esters (lactones) is 1. The van der Waals surface area contributed by atoms with E-state index < -0.39 is 11.9 Å². The van der Waals surface area contributed by atoms with Gasteiger partial charge in [0.2, 0.25) is 5.90 Å². The predicted octanol–water partition coefficient (Wildman–Crippen LogP) is 3.66. The maximum atomic E-state index is 12.1. The van der Waals surface area contributed by atoms with E-state index in [4.69, 9.17) is 14.2 Å². The van der Waals surface area contributed by atoms with Gasteiger partial charge in [-0.2, -0.15) is 0 Å². The largest absolute Gasteiger partial charge is 0.490 e. The molecule has 6 heteroatoms. The molecule has 0 radical (unpaired) electrons. The third kappa shape index (κ3) is 4.41. The van der Waals surface area contributed by atoms with Gasteiger partial charge in [-0.15, -0.1) is 0 Å². The monoisotopic (exact) mass is 365 g/mol. The second-order valence-electron chi connectivity index (χ2n) is 5.93. The third-order valence-electron chi connectivity index (χ3n) is 3.74. The summed E-state index contributed by atoms with van der Waals surface area (Å²) in [7, 11) is 0. The van der Waals surface area contributed by atoms with Gasteiger partial charge >= 0.3 is 11.9 Å². The number of benzene rings is 2. The fourth-order valence-electron chi connectivity index (χ4n) is 2.51. The highest BCUT2D eigenvalue weighted by Crippen LogP contribution is 2.30. The molecule has 27 heavy (non-hydrogen) atoms. The summed E-state index contributed by atoms with van der Waals surface area (Å²) in [4.78, 5) is 27.6. The third-order valence-corrected chi connectivity index (χ3v) is 3.74. The van der Waals surface area contributed by atoms with Crippen molar-refractivity contribution in [1.29, 1.82) is 0 Å². The first kappa shape index (κ1) is 18.4. The summed E-state index contributed by atoms with van der Waals surface area (Å²) in [5.41, 5.74) is 2.71. The van der Waals surface area contributed by atoms with Crippen molar-refractivity contribution in [1.82, 2.24) is 0 Å². The molecule has 0 unspecified atom stereocenters. The topological polar surface area (TPSA) is 74.2 Å². The van der Waals surface area contributed by atoms with E-state index in [0.717, 1.165) is 11.1 Å². The molecule has 0 saturated heterocycles. The lowest BCUT2D eigenvalue weighted by molar-refractivity contribution is -0.132. The van der Waals surface area contributed by atoms with Crippen molar-refractivity contribution >= 4 is 23.9 Å². The quantitative estimate of drug-likeness (QED) is 0.459. The molecule has 0 atom stereocenters. The fraction of sp³-hybridized carbons (Fsp3) is 0.190. The lowest BCUT2D eigenvalue weighted by atomic mass is 10.1. The Morgan fingerprint density at radius 1 is 1.15 bits per heavy atom. The Hall–Kier alpha value is -3.41. The molecule has 2 aromatic rings. The molecule has 2 aromatic carbocycles. The maximum Gasteiger partial charge on any atom is 0.363 e. The predicted molar refractivity (Wildman–Crippen MR) is 101 cm³/mol. The number of rotatable bonds is 5. The van der Waals surface area contributed by atoms with Gasteiger partial charge in [0.1, 0.15) is 0 Å². The van der Waals surface area contributed by atoms with Gasteiger partial charge in [-0.1, -0.05) is 23.8 Å². The molecular formula is C21H19NO5. The van der Waals surface area contributed by atoms with Crippen LogP contribution < -0.4 is 9.47 Å². The molecule has 0 aromatic heterocycles. The highest BCUT2D eigenvalue weighted by molar-refractivity contribution is 6.12. The van der Waals surface area contributed by atoms with E-state index in [1.807, 2.05) is 38.1 Å². The van der Waals surface area contributed by atoms with Gasteiger partial charge in [-0.3, -0.25) is 4.79 Å². The molecule has 6 nitrogen and oxygen atoms in total. The molecule has 1 aliphatic rings. The maximum absolute atomic E-state index is 12.1. The van der Waals surface area contributed by atoms with E-state index in [-0.39, 0.29) is 11.6 Å². The average molecular weight is 365 g/mol. The van der Waals surface area contributed by atoms with Crippen LogP contribution in [0.3, 0.4) is 0 Å². The molecule has 138 valence electrons. The summed E-state index contributed by atoms with van der Waals surface area (Å²) in [6, 6.07) is 12.6. The molecule has 1 heterocycles. The molecule has 0 saturated carbocycles. The minimum absolute atomic E-state index is 0.188. The minimum Gasteiger partial charge on any atom is -0.490 e. The average Bonchev–Trinajstić information content (AvgIpc) is 2.98. The van der Waals surface area contributed by atoms with Crippen molar-refractivity contribution in [3.63, 3.8) is 0 Å². The Morgan fingerprint density at radius 3 is 2.56 bits per heavy atom. The Kier molecular flexibility index (Phi) is 5.35. The van der Waals surface area contributed by atoms with E-state index in [0.29, 0.717) is 23.7 Å². The zero-order valence-electron chi connectivity index (χ0n) is 15.3. The Morgan fingerprint density at radius 2 is 1.89 bits per heavy atom. The number of ether oxygens (including phenoxy) is 3. The van der Waals surface area contributed by atoms with Crippen LogP contribution in [0.25, 0.3) is 6.08 Å². The zero-order chi connectivity index (χ0) is 19.4. The summed E-state index contributed by atoms with van der Waals surface area (Å²) in [5, 5.41) is 0. The van der Waals surface area contributed by atoms with Gasteiger partial charge in [0.05, 0.1) is 6.61 Å². The van der Waals surface area contributed by atoms with Crippen LogP contribution in [0, 0.1) is 6.92 Å². The van der Waals surface area contributed by atoms with Crippen molar-refractivity contribution in [2.75, 3.05) is 6.61 Å². The van der Waals surface area contributed by atoms with Gasteiger partial charge in [0.25, 0.3) is 0 Å². The molecule has 0 fully saturated rings. The Bertz CT molecular complexity index is 942. The standard InChI is InChI=1S/C21H19NO5/c1-4-25-19-12-15(7-10-18(19)26-14(3)23)11-17-21(24)27-20(22-17)16-8-5-13(2)6-9-16/h5-12H,4H2,1-3H3. The van der Waals surface area contributed by atoms with Gasteiger partial charge in [-0.05, 0) is 49.8 Å². The smallest absolute Gasteiger partial charge is 0.363 e. The Balaban J connectivity index is 1.91. The summed E-state index contributed by atoms with van der Waals surface area (Å²) in [5.74, 6) is 0.0506. The number of carbonyl (C=O) groups excluding carboxylic acids is 2. The highest BCUT2D eigenvalue weighted by atomic mass is 16.6. The van der Waals surface area contributed by atoms with Crippen LogP contribution in [0.2, 0.25) is 0 Å². The Labute approximate surface area is 157 Å². The fourth-order valence-corrected chi connectivity index (χ4v) is 2.51. The molecule has 0 amide bonds. The van der Waals surface area contributed by atoms with Crippen molar-refractivity contribution in [2.45, 2.75) is 20.8 Å². The summed E-state index contributed by atoms with van der Waals surface area (Å²) in [6.45, 7) is 5.54. The molecule has 0 spiro atoms. The molecule has 0 aliphatic carbocycles. The van der Waals surface area contributed by atoms with Crippen molar-refractivity contribution in [2.24, 2.45) is 4.99 Å². The number of aryl methyl sites for hydroxylation is 1. The van der Waals surface area contributed by atoms with E-state index >= 15 is 0 Å². The number of aliphatic imine (C=N–C) groups is 1. The molecule has 0 N–H and O–H groups in total. The lowest BCUT2D eigenvalue weighted by Crippen LogP contribution is -2.05. The molecule has 0 bridgehead atoms. The van der Waals surface area contributed by atoms with E-state index in [1.165, 1.54) is 6.92 Å². The van der Waals surface area contributed by atoms with Crippen LogP contribution >= 0.6 is 0 Å².